The highest BCUT2D eigenvalue weighted by molar-refractivity contribution is 7.89. The summed E-state index contributed by atoms with van der Waals surface area (Å²) in [5, 5.41) is 3.16. The summed E-state index contributed by atoms with van der Waals surface area (Å²) in [6, 6.07) is 12.8. The van der Waals surface area contributed by atoms with Crippen molar-refractivity contribution in [3.63, 3.8) is 0 Å². The van der Waals surface area contributed by atoms with Crippen molar-refractivity contribution in [1.82, 2.24) is 9.46 Å². The maximum atomic E-state index is 15.3. The number of rotatable bonds is 7. The average molecular weight is 505 g/mol. The van der Waals surface area contributed by atoms with Gasteiger partial charge >= 0.3 is 0 Å². The third-order valence-corrected chi connectivity index (χ3v) is 8.84. The number of ether oxygens (including phenoxy) is 2. The summed E-state index contributed by atoms with van der Waals surface area (Å²) in [6.07, 6.45) is 1.13. The Hall–Kier alpha value is -2.66. The topological polar surface area (TPSA) is 81.9 Å². The van der Waals surface area contributed by atoms with Gasteiger partial charge in [-0.1, -0.05) is 35.5 Å². The van der Waals surface area contributed by atoms with E-state index in [1.54, 1.807) is 37.3 Å². The molecule has 3 heterocycles. The van der Waals surface area contributed by atoms with Gasteiger partial charge in [-0.15, -0.1) is 0 Å². The molecule has 3 aromatic rings. The molecule has 0 saturated carbocycles. The monoisotopic (exact) mass is 504 g/mol. The number of benzene rings is 2. The van der Waals surface area contributed by atoms with E-state index in [0.29, 0.717) is 29.9 Å². The fraction of sp³-hybridized carbons (Fsp3) is 0.400. The number of aryl methyl sites for hydroxylation is 1. The molecule has 5 rings (SSSR count). The van der Waals surface area contributed by atoms with Crippen molar-refractivity contribution < 1.29 is 31.2 Å². The molecule has 0 radical (unpaired) electrons. The second kappa shape index (κ2) is 9.42. The molecule has 2 aliphatic rings. The molecule has 2 aromatic carbocycles. The molecule has 35 heavy (non-hydrogen) atoms. The summed E-state index contributed by atoms with van der Waals surface area (Å²) >= 11 is 0. The maximum Gasteiger partial charge on any atom is 0.221 e. The third-order valence-electron chi connectivity index (χ3n) is 6.58. The largest absolute Gasteiger partial charge is 0.375 e. The minimum Gasteiger partial charge on any atom is -0.375 e. The summed E-state index contributed by atoms with van der Waals surface area (Å²) in [7, 11) is -3.73. The average Bonchev–Trinajstić information content (AvgIpc) is 3.22. The van der Waals surface area contributed by atoms with Crippen LogP contribution in [0.25, 0.3) is 0 Å². The molecule has 2 fully saturated rings. The predicted molar refractivity (Wildman–Crippen MR) is 123 cm³/mol. The summed E-state index contributed by atoms with van der Waals surface area (Å²) < 4.78 is 74.5. The van der Waals surface area contributed by atoms with Gasteiger partial charge in [0.05, 0.1) is 19.8 Å². The van der Waals surface area contributed by atoms with Crippen LogP contribution in [0.3, 0.4) is 0 Å². The molecule has 2 aliphatic heterocycles. The first-order valence-corrected chi connectivity index (χ1v) is 12.9. The molecular weight excluding hydrogens is 478 g/mol. The van der Waals surface area contributed by atoms with Crippen LogP contribution in [0, 0.1) is 18.6 Å². The van der Waals surface area contributed by atoms with Crippen LogP contribution in [-0.4, -0.2) is 37.6 Å². The van der Waals surface area contributed by atoms with Crippen LogP contribution in [0.15, 0.2) is 53.1 Å². The molecule has 1 atom stereocenters. The SMILES string of the molecule is Cc1cc(COC2(c3cc(F)c(CN4CCC[C@H](c5ccccc5)S4(=O)=O)cc3F)COC2)no1. The molecule has 0 N–H and O–H groups in total. The molecule has 1 aromatic heterocycles. The normalized spacial score (nSPS) is 21.5. The van der Waals surface area contributed by atoms with Gasteiger partial charge in [0.25, 0.3) is 0 Å². The molecule has 0 aliphatic carbocycles. The van der Waals surface area contributed by atoms with E-state index in [0.717, 1.165) is 12.1 Å². The van der Waals surface area contributed by atoms with Crippen LogP contribution < -0.4 is 0 Å². The number of halogens is 2. The van der Waals surface area contributed by atoms with Gasteiger partial charge in [0.2, 0.25) is 10.0 Å². The molecule has 7 nitrogen and oxygen atoms in total. The zero-order chi connectivity index (χ0) is 24.6. The molecular formula is C25H26F2N2O5S. The summed E-state index contributed by atoms with van der Waals surface area (Å²) in [6.45, 7) is 1.95. The Morgan fingerprint density at radius 1 is 1.14 bits per heavy atom. The van der Waals surface area contributed by atoms with E-state index in [1.165, 1.54) is 4.31 Å². The van der Waals surface area contributed by atoms with Crippen molar-refractivity contribution in [3.8, 4) is 0 Å². The Bertz CT molecular complexity index is 1310. The lowest BCUT2D eigenvalue weighted by Gasteiger charge is -2.41. The highest BCUT2D eigenvalue weighted by Crippen LogP contribution is 2.39. The van der Waals surface area contributed by atoms with Crippen LogP contribution in [0.4, 0.5) is 8.78 Å². The van der Waals surface area contributed by atoms with Crippen LogP contribution in [-0.2, 0) is 38.2 Å². The summed E-state index contributed by atoms with van der Waals surface area (Å²) in [5.41, 5.74) is 0.103. The second-order valence-electron chi connectivity index (χ2n) is 9.05. The number of nitrogens with zero attached hydrogens (tertiary/aromatic N) is 2. The molecule has 0 spiro atoms. The molecule has 186 valence electrons. The van der Waals surface area contributed by atoms with E-state index < -0.39 is 32.5 Å². The number of hydrogen-bond acceptors (Lipinski definition) is 6. The first kappa shape index (κ1) is 24.1. The van der Waals surface area contributed by atoms with Gasteiger partial charge in [0.1, 0.15) is 33.9 Å². The Balaban J connectivity index is 1.37. The van der Waals surface area contributed by atoms with Crippen LogP contribution >= 0.6 is 0 Å². The fourth-order valence-electron chi connectivity index (χ4n) is 4.63. The maximum absolute atomic E-state index is 15.3. The zero-order valence-electron chi connectivity index (χ0n) is 19.2. The van der Waals surface area contributed by atoms with E-state index in [2.05, 4.69) is 5.16 Å². The van der Waals surface area contributed by atoms with Crippen LogP contribution in [0.5, 0.6) is 0 Å². The molecule has 0 amide bonds. The lowest BCUT2D eigenvalue weighted by atomic mass is 9.90. The number of hydrogen-bond donors (Lipinski definition) is 0. The van der Waals surface area contributed by atoms with Gasteiger partial charge in [0, 0.05) is 30.3 Å². The zero-order valence-corrected chi connectivity index (χ0v) is 20.1. The fourth-order valence-corrected chi connectivity index (χ4v) is 6.66. The van der Waals surface area contributed by atoms with Gasteiger partial charge in [-0.3, -0.25) is 0 Å². The Morgan fingerprint density at radius 2 is 1.91 bits per heavy atom. The van der Waals surface area contributed by atoms with Gasteiger partial charge < -0.3 is 14.0 Å². The van der Waals surface area contributed by atoms with E-state index in [1.807, 2.05) is 6.07 Å². The minimum absolute atomic E-state index is 0.0222. The van der Waals surface area contributed by atoms with Crippen molar-refractivity contribution in [2.24, 2.45) is 0 Å². The van der Waals surface area contributed by atoms with Crippen molar-refractivity contribution in [3.05, 3.63) is 88.3 Å². The Kier molecular flexibility index (Phi) is 6.47. The standard InChI is InChI=1S/C25H26F2N2O5S/c1-17-10-20(28-34-17)14-33-25(15-32-16-25)21-12-22(26)19(11-23(21)27)13-29-9-5-8-24(35(29,30)31)18-6-3-2-4-7-18/h2-4,6-7,10-12,24H,5,8-9,13-16H2,1H3/t24-/m1/s1. The molecule has 0 bridgehead atoms. The lowest BCUT2D eigenvalue weighted by molar-refractivity contribution is -0.224. The van der Waals surface area contributed by atoms with Crippen LogP contribution in [0.1, 0.15) is 46.2 Å². The summed E-state index contributed by atoms with van der Waals surface area (Å²) in [4.78, 5) is 0. The number of aromatic nitrogens is 1. The Morgan fingerprint density at radius 3 is 2.57 bits per heavy atom. The highest BCUT2D eigenvalue weighted by atomic mass is 32.2. The van der Waals surface area contributed by atoms with Crippen molar-refractivity contribution >= 4 is 10.0 Å². The second-order valence-corrected chi connectivity index (χ2v) is 11.2. The van der Waals surface area contributed by atoms with Crippen LogP contribution in [0.2, 0.25) is 0 Å². The molecule has 10 heteroatoms. The lowest BCUT2D eigenvalue weighted by Crippen LogP contribution is -2.49. The molecule has 0 unspecified atom stereocenters. The van der Waals surface area contributed by atoms with Crippen molar-refractivity contribution in [2.75, 3.05) is 19.8 Å². The van der Waals surface area contributed by atoms with E-state index in [-0.39, 0.29) is 44.0 Å². The quantitative estimate of drug-likeness (QED) is 0.475. The van der Waals surface area contributed by atoms with Crippen molar-refractivity contribution in [1.29, 1.82) is 0 Å². The number of sulfonamides is 1. The van der Waals surface area contributed by atoms with Gasteiger partial charge in [-0.25, -0.2) is 17.2 Å². The Labute approximate surface area is 202 Å². The third kappa shape index (κ3) is 4.63. The van der Waals surface area contributed by atoms with Gasteiger partial charge in [0.15, 0.2) is 0 Å². The van der Waals surface area contributed by atoms with E-state index in [9.17, 15) is 8.42 Å². The first-order chi connectivity index (χ1) is 16.8. The first-order valence-electron chi connectivity index (χ1n) is 11.4. The predicted octanol–water partition coefficient (Wildman–Crippen LogP) is 4.37. The van der Waals surface area contributed by atoms with Gasteiger partial charge in [-0.05, 0) is 37.5 Å². The van der Waals surface area contributed by atoms with E-state index >= 15 is 8.78 Å². The van der Waals surface area contributed by atoms with Crippen molar-refractivity contribution in [2.45, 2.75) is 43.8 Å². The molecule has 2 saturated heterocycles. The highest BCUT2D eigenvalue weighted by Gasteiger charge is 2.45. The minimum atomic E-state index is -3.73. The van der Waals surface area contributed by atoms with Gasteiger partial charge in [-0.2, -0.15) is 4.31 Å². The summed E-state index contributed by atoms with van der Waals surface area (Å²) in [5.74, 6) is -0.744. The van der Waals surface area contributed by atoms with E-state index in [4.69, 9.17) is 14.0 Å². The smallest absolute Gasteiger partial charge is 0.221 e.